The third-order valence-electron chi connectivity index (χ3n) is 4.93. The summed E-state index contributed by atoms with van der Waals surface area (Å²) in [5, 5.41) is 8.15. The molecule has 1 aliphatic heterocycles. The van der Waals surface area contributed by atoms with Gasteiger partial charge in [0.15, 0.2) is 11.8 Å². The Kier molecular flexibility index (Phi) is 11.0. The van der Waals surface area contributed by atoms with Crippen molar-refractivity contribution >= 4 is 41.5 Å². The maximum Gasteiger partial charge on any atom is 0.248 e. The molecule has 0 spiro atoms. The van der Waals surface area contributed by atoms with Gasteiger partial charge < -0.3 is 19.5 Å². The molecule has 0 saturated carbocycles. The average molecular weight is 563 g/mol. The second-order valence-corrected chi connectivity index (χ2v) is 7.64. The van der Waals surface area contributed by atoms with Crippen molar-refractivity contribution in [3.8, 4) is 0 Å². The fourth-order valence-electron chi connectivity index (χ4n) is 3.40. The number of halogens is 2. The standard InChI is InChI=1S/C21H31ClN6O2.HI/c1-4-23-21(24-14-19-25-20(26-30-19)16(3)29-5-2)28-11-9-27(10-12-28)15-17-7-6-8-18(22)13-17;/h6-8,13,16H,4-5,9-12,14-15H2,1-3H3,(H,23,24);1H. The summed E-state index contributed by atoms with van der Waals surface area (Å²) >= 11 is 6.11. The van der Waals surface area contributed by atoms with Crippen molar-refractivity contribution in [2.75, 3.05) is 39.3 Å². The molecule has 1 aromatic heterocycles. The van der Waals surface area contributed by atoms with E-state index >= 15 is 0 Å². The van der Waals surface area contributed by atoms with Crippen molar-refractivity contribution in [2.24, 2.45) is 4.99 Å². The van der Waals surface area contributed by atoms with Crippen LogP contribution >= 0.6 is 35.6 Å². The molecule has 0 bridgehead atoms. The summed E-state index contributed by atoms with van der Waals surface area (Å²) in [6.45, 7) is 12.3. The lowest BCUT2D eigenvalue weighted by Gasteiger charge is -2.36. The Morgan fingerprint density at radius 1 is 1.29 bits per heavy atom. The van der Waals surface area contributed by atoms with Gasteiger partial charge in [0.05, 0.1) is 0 Å². The molecule has 172 valence electrons. The van der Waals surface area contributed by atoms with Crippen LogP contribution in [0.1, 0.15) is 44.2 Å². The number of aliphatic imine (C=N–C) groups is 1. The fraction of sp³-hybridized carbons (Fsp3) is 0.571. The van der Waals surface area contributed by atoms with Crippen LogP contribution in [-0.2, 0) is 17.8 Å². The second-order valence-electron chi connectivity index (χ2n) is 7.21. The zero-order valence-corrected chi connectivity index (χ0v) is 21.5. The molecule has 2 aromatic rings. The van der Waals surface area contributed by atoms with E-state index in [9.17, 15) is 0 Å². The normalized spacial score (nSPS) is 16.1. The molecule has 1 aliphatic rings. The van der Waals surface area contributed by atoms with Crippen molar-refractivity contribution in [3.63, 3.8) is 0 Å². The number of nitrogens with one attached hydrogen (secondary N) is 1. The van der Waals surface area contributed by atoms with E-state index in [-0.39, 0.29) is 30.1 Å². The Balaban J connectivity index is 0.00000341. The fourth-order valence-corrected chi connectivity index (χ4v) is 3.61. The van der Waals surface area contributed by atoms with Crippen LogP contribution < -0.4 is 5.32 Å². The average Bonchev–Trinajstić information content (AvgIpc) is 3.21. The number of aromatic nitrogens is 2. The first kappa shape index (κ1) is 25.8. The van der Waals surface area contributed by atoms with E-state index < -0.39 is 0 Å². The van der Waals surface area contributed by atoms with Crippen molar-refractivity contribution in [1.29, 1.82) is 0 Å². The molecule has 1 atom stereocenters. The molecular formula is C21H32ClIN6O2. The summed E-state index contributed by atoms with van der Waals surface area (Å²) in [5.74, 6) is 1.92. The molecular weight excluding hydrogens is 531 g/mol. The highest BCUT2D eigenvalue weighted by molar-refractivity contribution is 14.0. The maximum atomic E-state index is 6.11. The summed E-state index contributed by atoms with van der Waals surface area (Å²) in [5.41, 5.74) is 1.24. The van der Waals surface area contributed by atoms with Gasteiger partial charge in [0.25, 0.3) is 0 Å². The maximum absolute atomic E-state index is 6.11. The van der Waals surface area contributed by atoms with E-state index in [1.165, 1.54) is 5.56 Å². The van der Waals surface area contributed by atoms with Gasteiger partial charge >= 0.3 is 0 Å². The Hall–Kier alpha value is -1.43. The van der Waals surface area contributed by atoms with Crippen LogP contribution in [0.4, 0.5) is 0 Å². The summed E-state index contributed by atoms with van der Waals surface area (Å²) in [6.07, 6.45) is -0.183. The summed E-state index contributed by atoms with van der Waals surface area (Å²) < 4.78 is 10.8. The number of benzene rings is 1. The van der Waals surface area contributed by atoms with Crippen molar-refractivity contribution in [2.45, 2.75) is 40.0 Å². The van der Waals surface area contributed by atoms with Crippen molar-refractivity contribution in [3.05, 3.63) is 46.6 Å². The highest BCUT2D eigenvalue weighted by Gasteiger charge is 2.20. The first-order chi connectivity index (χ1) is 14.6. The van der Waals surface area contributed by atoms with Gasteiger partial charge in [-0.1, -0.05) is 28.9 Å². The van der Waals surface area contributed by atoms with Gasteiger partial charge in [-0.05, 0) is 38.5 Å². The summed E-state index contributed by atoms with van der Waals surface area (Å²) in [7, 11) is 0. The molecule has 2 heterocycles. The number of piperazine rings is 1. The van der Waals surface area contributed by atoms with E-state index in [4.69, 9.17) is 25.9 Å². The minimum Gasteiger partial charge on any atom is -0.371 e. The second kappa shape index (κ2) is 13.2. The predicted octanol–water partition coefficient (Wildman–Crippen LogP) is 3.72. The molecule has 0 radical (unpaired) electrons. The zero-order valence-electron chi connectivity index (χ0n) is 18.4. The Labute approximate surface area is 206 Å². The topological polar surface area (TPSA) is 79.0 Å². The number of nitrogens with zero attached hydrogens (tertiary/aromatic N) is 5. The van der Waals surface area contributed by atoms with Crippen molar-refractivity contribution in [1.82, 2.24) is 25.3 Å². The number of hydrogen-bond acceptors (Lipinski definition) is 6. The monoisotopic (exact) mass is 562 g/mol. The van der Waals surface area contributed by atoms with Crippen LogP contribution in [-0.4, -0.2) is 65.2 Å². The first-order valence-electron chi connectivity index (χ1n) is 10.5. The first-order valence-corrected chi connectivity index (χ1v) is 10.9. The Morgan fingerprint density at radius 3 is 2.74 bits per heavy atom. The molecule has 1 aromatic carbocycles. The number of rotatable bonds is 8. The molecule has 1 fully saturated rings. The molecule has 1 N–H and O–H groups in total. The van der Waals surface area contributed by atoms with Crippen molar-refractivity contribution < 1.29 is 9.26 Å². The lowest BCUT2D eigenvalue weighted by Crippen LogP contribution is -2.52. The molecule has 0 amide bonds. The number of hydrogen-bond donors (Lipinski definition) is 1. The van der Waals surface area contributed by atoms with Gasteiger partial charge in [0.1, 0.15) is 12.6 Å². The van der Waals surface area contributed by atoms with Gasteiger partial charge in [0.2, 0.25) is 5.89 Å². The number of guanidine groups is 1. The van der Waals surface area contributed by atoms with E-state index in [2.05, 4.69) is 38.2 Å². The highest BCUT2D eigenvalue weighted by Crippen LogP contribution is 2.15. The van der Waals surface area contributed by atoms with Gasteiger partial charge in [0, 0.05) is 50.9 Å². The lowest BCUT2D eigenvalue weighted by molar-refractivity contribution is 0.0683. The number of ether oxygens (including phenoxy) is 1. The molecule has 0 aliphatic carbocycles. The predicted molar refractivity (Wildman–Crippen MR) is 133 cm³/mol. The molecule has 1 saturated heterocycles. The van der Waals surface area contributed by atoms with E-state index in [1.54, 1.807) is 0 Å². The Bertz CT molecular complexity index is 826. The third kappa shape index (κ3) is 7.89. The van der Waals surface area contributed by atoms with Gasteiger partial charge in [-0.3, -0.25) is 4.90 Å². The van der Waals surface area contributed by atoms with Crippen LogP contribution in [0.5, 0.6) is 0 Å². The molecule has 31 heavy (non-hydrogen) atoms. The molecule has 1 unspecified atom stereocenters. The lowest BCUT2D eigenvalue weighted by atomic mass is 10.2. The third-order valence-corrected chi connectivity index (χ3v) is 5.17. The van der Waals surface area contributed by atoms with Crippen LogP contribution in [0.15, 0.2) is 33.8 Å². The highest BCUT2D eigenvalue weighted by atomic mass is 127. The minimum absolute atomic E-state index is 0. The van der Waals surface area contributed by atoms with Crippen LogP contribution in [0.2, 0.25) is 5.02 Å². The van der Waals surface area contributed by atoms with Gasteiger partial charge in [-0.25, -0.2) is 4.99 Å². The Morgan fingerprint density at radius 2 is 2.06 bits per heavy atom. The van der Waals surface area contributed by atoms with Crippen LogP contribution in [0.3, 0.4) is 0 Å². The van der Waals surface area contributed by atoms with Crippen LogP contribution in [0, 0.1) is 0 Å². The molecule has 8 nitrogen and oxygen atoms in total. The van der Waals surface area contributed by atoms with Crippen LogP contribution in [0.25, 0.3) is 0 Å². The smallest absolute Gasteiger partial charge is 0.248 e. The van der Waals surface area contributed by atoms with E-state index in [0.717, 1.165) is 50.3 Å². The minimum atomic E-state index is -0.183. The molecule has 3 rings (SSSR count). The summed E-state index contributed by atoms with van der Waals surface area (Å²) in [6, 6.07) is 8.06. The molecule has 10 heteroatoms. The van der Waals surface area contributed by atoms with E-state index in [0.29, 0.717) is 24.9 Å². The largest absolute Gasteiger partial charge is 0.371 e. The summed E-state index contributed by atoms with van der Waals surface area (Å²) in [4.78, 5) is 13.8. The van der Waals surface area contributed by atoms with Gasteiger partial charge in [-0.15, -0.1) is 24.0 Å². The van der Waals surface area contributed by atoms with Gasteiger partial charge in [-0.2, -0.15) is 4.98 Å². The SMILES string of the molecule is CCNC(=NCc1nc(C(C)OCC)no1)N1CCN(Cc2cccc(Cl)c2)CC1.I. The quantitative estimate of drug-likeness (QED) is 0.298. The van der Waals surface area contributed by atoms with E-state index in [1.807, 2.05) is 32.0 Å². The zero-order chi connectivity index (χ0) is 21.3.